The molecule has 6 N–H and O–H groups in total. The van der Waals surface area contributed by atoms with E-state index in [0.29, 0.717) is 29.1 Å². The summed E-state index contributed by atoms with van der Waals surface area (Å²) >= 11 is -3.61. The summed E-state index contributed by atoms with van der Waals surface area (Å²) in [7, 11) is 6.45. The maximum Gasteiger partial charge on any atom is 0.269 e. The Hall–Kier alpha value is -6.28. The van der Waals surface area contributed by atoms with Gasteiger partial charge >= 0.3 is 0 Å². The van der Waals surface area contributed by atoms with Crippen molar-refractivity contribution in [3.63, 3.8) is 0 Å². The molecule has 20 heteroatoms. The summed E-state index contributed by atoms with van der Waals surface area (Å²) in [4.78, 5) is 27.7. The molecule has 2 unspecified atom stereocenters. The molecule has 0 saturated heterocycles. The largest absolute Gasteiger partial charge is 0.505 e. The number of anilines is 2. The molecule has 0 spiro atoms. The summed E-state index contributed by atoms with van der Waals surface area (Å²) in [6.07, 6.45) is 2.28. The number of aryl methyl sites for hydroxylation is 3. The first-order chi connectivity index (χ1) is 28.7. The zero-order valence-corrected chi connectivity index (χ0v) is 37.5. The molecule has 2 amide bonds. The molecule has 18 nitrogen and oxygen atoms in total. The standard InChI is InChI=1S/C22H29N5O4S.C19H23N5O4S/c1-12-8-10-14(17(28)16(12)21(29)27(6)7)23-19-20(26-32(30)25-19)24-18(22(3,4)5)15-11-9-13(2)31-15;1-5-12(14-7-6-10-28-14)20-17-18(23-29(27)22-17)21-13-9-8-11(2)15(16(13)25)19(26)24(3)4/h8-11,18,28H,1-7H3,(H,23,25)(H,24,26);6-10,12,25H,5H2,1-4H3,(H,20,22)(H,21,23)/t18-,32?;12-,29?/m01/s1. The van der Waals surface area contributed by atoms with Crippen LogP contribution in [-0.4, -0.2) is 91.8 Å². The van der Waals surface area contributed by atoms with E-state index in [0.717, 1.165) is 5.76 Å². The minimum absolute atomic E-state index is 0.185. The van der Waals surface area contributed by atoms with Crippen LogP contribution < -0.4 is 21.3 Å². The molecule has 61 heavy (non-hydrogen) atoms. The fourth-order valence-electron chi connectivity index (χ4n) is 6.20. The minimum atomic E-state index is -1.82. The van der Waals surface area contributed by atoms with Gasteiger partial charge in [-0.05, 0) is 80.1 Å². The lowest BCUT2D eigenvalue weighted by atomic mass is 9.85. The molecule has 4 aromatic rings. The Kier molecular flexibility index (Phi) is 14.2. The summed E-state index contributed by atoms with van der Waals surface area (Å²) in [5, 5.41) is 33.8. The van der Waals surface area contributed by atoms with Crippen LogP contribution in [0.15, 0.2) is 81.2 Å². The number of nitrogens with zero attached hydrogens (tertiary/aromatic N) is 6. The van der Waals surface area contributed by atoms with E-state index in [1.165, 1.54) is 9.80 Å². The van der Waals surface area contributed by atoms with Gasteiger partial charge in [0.1, 0.15) is 17.3 Å². The molecule has 0 fully saturated rings. The molecular formula is C41H52N10O8S2. The van der Waals surface area contributed by atoms with E-state index in [4.69, 9.17) is 8.83 Å². The summed E-state index contributed by atoms with van der Waals surface area (Å²) < 4.78 is 51.5. The van der Waals surface area contributed by atoms with E-state index in [2.05, 4.69) is 38.9 Å². The number of carbonyl (C=O) groups excluding carboxylic acids is 2. The fraction of sp³-hybridized carbons (Fsp3) is 0.366. The van der Waals surface area contributed by atoms with Gasteiger partial charge in [0.2, 0.25) is 0 Å². The summed E-state index contributed by atoms with van der Waals surface area (Å²) in [6.45, 7) is 13.5. The number of benzene rings is 2. The Labute approximate surface area is 359 Å². The number of furan rings is 2. The number of aromatic hydroxyl groups is 2. The Morgan fingerprint density at radius 1 is 0.705 bits per heavy atom. The first-order valence-corrected chi connectivity index (χ1v) is 21.3. The van der Waals surface area contributed by atoms with Crippen molar-refractivity contribution in [1.29, 1.82) is 0 Å². The molecule has 6 rings (SSSR count). The number of phenolic OH excluding ortho intramolecular Hbond substituents is 2. The highest BCUT2D eigenvalue weighted by molar-refractivity contribution is 7.83. The Bertz CT molecular complexity index is 2470. The molecule has 0 radical (unpaired) electrons. The highest BCUT2D eigenvalue weighted by atomic mass is 32.2. The predicted molar refractivity (Wildman–Crippen MR) is 239 cm³/mol. The molecule has 0 saturated carbocycles. The van der Waals surface area contributed by atoms with Crippen molar-refractivity contribution in [2.24, 2.45) is 23.0 Å². The average molecular weight is 877 g/mol. The van der Waals surface area contributed by atoms with Crippen molar-refractivity contribution in [1.82, 2.24) is 20.4 Å². The van der Waals surface area contributed by atoms with E-state index < -0.39 is 22.3 Å². The van der Waals surface area contributed by atoms with Gasteiger partial charge in [0, 0.05) is 28.2 Å². The zero-order chi connectivity index (χ0) is 44.9. The molecule has 4 heterocycles. The van der Waals surface area contributed by atoms with Gasteiger partial charge in [-0.2, -0.15) is 0 Å². The van der Waals surface area contributed by atoms with Crippen LogP contribution in [0.2, 0.25) is 0 Å². The highest BCUT2D eigenvalue weighted by Crippen LogP contribution is 2.36. The van der Waals surface area contributed by atoms with Crippen LogP contribution in [0.1, 0.15) is 95.3 Å². The van der Waals surface area contributed by atoms with Gasteiger partial charge in [-0.25, -0.2) is 8.42 Å². The summed E-state index contributed by atoms with van der Waals surface area (Å²) in [6, 6.07) is 13.6. The number of carbonyl (C=O) groups is 2. The SMILES string of the molecule is CC[C@@H](NC1=NS(=O)N=C1Nc1ccc(C)c(C(=O)N(C)C)c1O)c1ccco1.Cc1ccc([C@H](NC2=NS(=O)N=C2Nc2ccc(C)c(C(=O)N(C)C)c2O)C(C)(C)C)o1. The van der Waals surface area contributed by atoms with Gasteiger partial charge in [-0.15, -0.1) is 17.6 Å². The molecule has 2 aliphatic heterocycles. The first kappa shape index (κ1) is 45.8. The molecule has 326 valence electrons. The molecule has 4 atom stereocenters. The van der Waals surface area contributed by atoms with Crippen molar-refractivity contribution in [2.75, 3.05) is 38.8 Å². The minimum Gasteiger partial charge on any atom is -0.505 e. The van der Waals surface area contributed by atoms with Crippen LogP contribution in [-0.2, 0) is 22.3 Å². The number of amidine groups is 4. The molecule has 2 aromatic carbocycles. The van der Waals surface area contributed by atoms with Gasteiger partial charge in [-0.3, -0.25) is 9.59 Å². The monoisotopic (exact) mass is 876 g/mol. The van der Waals surface area contributed by atoms with Crippen LogP contribution in [0, 0.1) is 26.2 Å². The molecule has 2 aromatic heterocycles. The fourth-order valence-corrected chi connectivity index (χ4v) is 7.45. The average Bonchev–Trinajstić information content (AvgIpc) is 4.00. The third-order valence-corrected chi connectivity index (χ3v) is 10.8. The lowest BCUT2D eigenvalue weighted by molar-refractivity contribution is 0.0816. The van der Waals surface area contributed by atoms with Crippen molar-refractivity contribution >= 4 is 68.9 Å². The molecule has 0 bridgehead atoms. The molecule has 2 aliphatic rings. The second-order valence-electron chi connectivity index (χ2n) is 15.7. The van der Waals surface area contributed by atoms with Gasteiger partial charge < -0.3 is 50.1 Å². The second-order valence-corrected chi connectivity index (χ2v) is 17.3. The van der Waals surface area contributed by atoms with E-state index in [9.17, 15) is 28.2 Å². The lowest BCUT2D eigenvalue weighted by Gasteiger charge is -2.30. The number of phenols is 2. The number of hydrogen-bond acceptors (Lipinski definition) is 12. The first-order valence-electron chi connectivity index (χ1n) is 19.1. The Morgan fingerprint density at radius 2 is 1.18 bits per heavy atom. The molecular weight excluding hydrogens is 825 g/mol. The van der Waals surface area contributed by atoms with Crippen LogP contribution >= 0.6 is 0 Å². The van der Waals surface area contributed by atoms with Crippen LogP contribution in [0.3, 0.4) is 0 Å². The van der Waals surface area contributed by atoms with E-state index >= 15 is 0 Å². The Morgan fingerprint density at radius 3 is 1.57 bits per heavy atom. The predicted octanol–water partition coefficient (Wildman–Crippen LogP) is 6.02. The number of rotatable bonds is 9. The van der Waals surface area contributed by atoms with Crippen LogP contribution in [0.25, 0.3) is 0 Å². The van der Waals surface area contributed by atoms with Crippen molar-refractivity contribution in [2.45, 2.75) is 67.0 Å². The normalized spacial score (nSPS) is 16.8. The number of nitrogens with one attached hydrogen (secondary N) is 4. The smallest absolute Gasteiger partial charge is 0.269 e. The van der Waals surface area contributed by atoms with E-state index in [1.54, 1.807) is 78.6 Å². The van der Waals surface area contributed by atoms with Gasteiger partial charge in [0.05, 0.1) is 40.8 Å². The van der Waals surface area contributed by atoms with E-state index in [-0.39, 0.29) is 86.7 Å². The van der Waals surface area contributed by atoms with Crippen molar-refractivity contribution < 1.29 is 37.1 Å². The van der Waals surface area contributed by atoms with Crippen molar-refractivity contribution in [3.8, 4) is 11.5 Å². The third kappa shape index (κ3) is 10.7. The van der Waals surface area contributed by atoms with Crippen LogP contribution in [0.4, 0.5) is 11.4 Å². The molecule has 0 aliphatic carbocycles. The maximum absolute atomic E-state index is 12.5. The zero-order valence-electron chi connectivity index (χ0n) is 35.9. The maximum atomic E-state index is 12.5. The third-order valence-electron chi connectivity index (χ3n) is 9.44. The van der Waals surface area contributed by atoms with Crippen molar-refractivity contribution in [3.05, 3.63) is 94.3 Å². The van der Waals surface area contributed by atoms with Crippen LogP contribution in [0.5, 0.6) is 11.5 Å². The van der Waals surface area contributed by atoms with E-state index in [1.807, 2.05) is 52.8 Å². The number of amides is 2. The number of hydrogen-bond donors (Lipinski definition) is 6. The summed E-state index contributed by atoms with van der Waals surface area (Å²) in [5.74, 6) is 2.10. The highest BCUT2D eigenvalue weighted by Gasteiger charge is 2.33. The quantitative estimate of drug-likeness (QED) is 0.106. The van der Waals surface area contributed by atoms with Gasteiger partial charge in [0.15, 0.2) is 34.8 Å². The lowest BCUT2D eigenvalue weighted by Crippen LogP contribution is -2.41. The Balaban J connectivity index is 0.000000232. The summed E-state index contributed by atoms with van der Waals surface area (Å²) in [5.41, 5.74) is 1.90. The van der Waals surface area contributed by atoms with Gasteiger partial charge in [0.25, 0.3) is 34.2 Å². The topological polar surface area (TPSA) is 239 Å². The van der Waals surface area contributed by atoms with Gasteiger partial charge in [-0.1, -0.05) is 39.8 Å². The second kappa shape index (κ2) is 19.0.